The molecule has 2 aromatic carbocycles. The van der Waals surface area contributed by atoms with E-state index in [2.05, 4.69) is 28.2 Å². The van der Waals surface area contributed by atoms with Gasteiger partial charge in [0.15, 0.2) is 5.16 Å². The Hall–Kier alpha value is -3.59. The lowest BCUT2D eigenvalue weighted by Crippen LogP contribution is -2.29. The van der Waals surface area contributed by atoms with Crippen LogP contribution in [0.4, 0.5) is 0 Å². The van der Waals surface area contributed by atoms with Crippen LogP contribution in [0.3, 0.4) is 0 Å². The summed E-state index contributed by atoms with van der Waals surface area (Å²) < 4.78 is 9.09. The number of nitrogens with one attached hydrogen (secondary N) is 1. The second-order valence-electron chi connectivity index (χ2n) is 7.60. The molecule has 4 rings (SSSR count). The molecule has 0 unspecified atom stereocenters. The van der Waals surface area contributed by atoms with Crippen molar-refractivity contribution < 1.29 is 9.53 Å². The van der Waals surface area contributed by atoms with Gasteiger partial charge in [-0.2, -0.15) is 0 Å². The number of para-hydroxylation sites is 1. The smallest absolute Gasteiger partial charge is 0.263 e. The molecule has 0 saturated carbocycles. The first-order chi connectivity index (χ1) is 16.0. The van der Waals surface area contributed by atoms with Gasteiger partial charge in [-0.15, -0.1) is 16.8 Å². The molecule has 0 aliphatic heterocycles. The number of nitrogens with zero attached hydrogens (tertiary/aromatic N) is 4. The van der Waals surface area contributed by atoms with E-state index < -0.39 is 0 Å². The van der Waals surface area contributed by atoms with Crippen LogP contribution in [0.5, 0.6) is 5.75 Å². The van der Waals surface area contributed by atoms with Gasteiger partial charge in [0.05, 0.1) is 23.2 Å². The number of carbonyl (C=O) groups excluding carboxylic acids is 1. The zero-order valence-corrected chi connectivity index (χ0v) is 19.4. The summed E-state index contributed by atoms with van der Waals surface area (Å²) in [5.41, 5.74) is 2.80. The number of benzene rings is 2. The van der Waals surface area contributed by atoms with Crippen LogP contribution in [0.15, 0.2) is 65.1 Å². The van der Waals surface area contributed by atoms with E-state index in [1.165, 1.54) is 21.9 Å². The minimum absolute atomic E-state index is 0.135. The molecule has 33 heavy (non-hydrogen) atoms. The molecule has 1 N–H and O–H groups in total. The number of amides is 1. The molecule has 170 valence electrons. The van der Waals surface area contributed by atoms with Crippen LogP contribution in [0.25, 0.3) is 16.7 Å². The maximum atomic E-state index is 12.8. The number of thioether (sulfide) groups is 1. The third-order valence-corrected chi connectivity index (χ3v) is 6.06. The van der Waals surface area contributed by atoms with Gasteiger partial charge >= 0.3 is 0 Å². The maximum absolute atomic E-state index is 12.8. The van der Waals surface area contributed by atoms with E-state index in [0.717, 1.165) is 11.3 Å². The SMILES string of the molecule is C=CCn1c(=O)c2ccccc2n2c(SCC(=O)NCCOc3ccc(C)cc3C)nnc12. The Bertz CT molecular complexity index is 1390. The predicted octanol–water partition coefficient (Wildman–Crippen LogP) is 3.13. The van der Waals surface area contributed by atoms with Crippen molar-refractivity contribution >= 4 is 34.3 Å². The molecular weight excluding hydrogens is 438 g/mol. The van der Waals surface area contributed by atoms with Crippen molar-refractivity contribution in [1.29, 1.82) is 0 Å². The van der Waals surface area contributed by atoms with E-state index in [1.807, 2.05) is 48.6 Å². The Labute approximate surface area is 195 Å². The molecule has 2 aromatic heterocycles. The normalized spacial score (nSPS) is 11.1. The molecule has 4 aromatic rings. The average Bonchev–Trinajstić information content (AvgIpc) is 3.23. The number of allylic oxidation sites excluding steroid dienone is 1. The largest absolute Gasteiger partial charge is 0.491 e. The fraction of sp³-hybridized carbons (Fsp3) is 0.250. The zero-order valence-electron chi connectivity index (χ0n) is 18.6. The number of hydrogen-bond acceptors (Lipinski definition) is 6. The number of fused-ring (bicyclic) bond motifs is 3. The first kappa shape index (κ1) is 22.6. The fourth-order valence-electron chi connectivity index (χ4n) is 3.61. The molecule has 0 aliphatic rings. The van der Waals surface area contributed by atoms with Gasteiger partial charge in [-0.05, 0) is 37.6 Å². The fourth-order valence-corrected chi connectivity index (χ4v) is 4.38. The van der Waals surface area contributed by atoms with Gasteiger partial charge in [0.1, 0.15) is 12.4 Å². The van der Waals surface area contributed by atoms with E-state index in [1.54, 1.807) is 12.1 Å². The monoisotopic (exact) mass is 463 g/mol. The van der Waals surface area contributed by atoms with Gasteiger partial charge in [-0.3, -0.25) is 18.6 Å². The minimum Gasteiger partial charge on any atom is -0.491 e. The van der Waals surface area contributed by atoms with Gasteiger partial charge in [0, 0.05) is 6.54 Å². The highest BCUT2D eigenvalue weighted by atomic mass is 32.2. The van der Waals surface area contributed by atoms with Crippen molar-refractivity contribution in [3.05, 3.63) is 76.6 Å². The molecule has 1 amide bonds. The van der Waals surface area contributed by atoms with Gasteiger partial charge in [0.25, 0.3) is 5.56 Å². The lowest BCUT2D eigenvalue weighted by atomic mass is 10.1. The van der Waals surface area contributed by atoms with Crippen molar-refractivity contribution in [3.63, 3.8) is 0 Å². The molecule has 0 saturated heterocycles. The summed E-state index contributed by atoms with van der Waals surface area (Å²) in [6.07, 6.45) is 1.64. The lowest BCUT2D eigenvalue weighted by molar-refractivity contribution is -0.118. The topological polar surface area (TPSA) is 90.5 Å². The second kappa shape index (κ2) is 9.91. The number of ether oxygens (including phenoxy) is 1. The van der Waals surface area contributed by atoms with Gasteiger partial charge in [0.2, 0.25) is 11.7 Å². The summed E-state index contributed by atoms with van der Waals surface area (Å²) in [5.74, 6) is 1.27. The molecule has 0 fully saturated rings. The van der Waals surface area contributed by atoms with E-state index >= 15 is 0 Å². The molecule has 9 heteroatoms. The molecular formula is C24H25N5O3S. The van der Waals surface area contributed by atoms with Crippen LogP contribution in [0.2, 0.25) is 0 Å². The van der Waals surface area contributed by atoms with Crippen molar-refractivity contribution in [3.8, 4) is 5.75 Å². The zero-order chi connectivity index (χ0) is 23.4. The minimum atomic E-state index is -0.150. The molecule has 0 spiro atoms. The third-order valence-electron chi connectivity index (χ3n) is 5.13. The Balaban J connectivity index is 1.42. The Morgan fingerprint density at radius 3 is 2.82 bits per heavy atom. The van der Waals surface area contributed by atoms with Crippen LogP contribution < -0.4 is 15.6 Å². The maximum Gasteiger partial charge on any atom is 0.263 e. The molecule has 0 aliphatic carbocycles. The summed E-state index contributed by atoms with van der Waals surface area (Å²) in [5, 5.41) is 12.4. The van der Waals surface area contributed by atoms with Gasteiger partial charge in [-0.1, -0.05) is 47.7 Å². The van der Waals surface area contributed by atoms with Crippen molar-refractivity contribution in [2.45, 2.75) is 25.5 Å². The molecule has 0 atom stereocenters. The molecule has 8 nitrogen and oxygen atoms in total. The molecule has 0 radical (unpaired) electrons. The van der Waals surface area contributed by atoms with E-state index in [-0.39, 0.29) is 17.2 Å². The third kappa shape index (κ3) is 4.78. The molecule has 2 heterocycles. The predicted molar refractivity (Wildman–Crippen MR) is 130 cm³/mol. The second-order valence-corrected chi connectivity index (χ2v) is 8.54. The summed E-state index contributed by atoms with van der Waals surface area (Å²) >= 11 is 1.27. The van der Waals surface area contributed by atoms with Crippen molar-refractivity contribution in [1.82, 2.24) is 24.5 Å². The van der Waals surface area contributed by atoms with E-state index in [9.17, 15) is 9.59 Å². The average molecular weight is 464 g/mol. The highest BCUT2D eigenvalue weighted by molar-refractivity contribution is 7.99. The van der Waals surface area contributed by atoms with E-state index in [0.29, 0.717) is 41.5 Å². The number of carbonyl (C=O) groups is 1. The van der Waals surface area contributed by atoms with Crippen LogP contribution >= 0.6 is 11.8 Å². The van der Waals surface area contributed by atoms with Crippen LogP contribution in [-0.2, 0) is 11.3 Å². The number of aromatic nitrogens is 4. The Kier molecular flexibility index (Phi) is 6.79. The van der Waals surface area contributed by atoms with Crippen LogP contribution in [0, 0.1) is 13.8 Å². The van der Waals surface area contributed by atoms with Gasteiger partial charge in [-0.25, -0.2) is 0 Å². The highest BCUT2D eigenvalue weighted by Crippen LogP contribution is 2.21. The van der Waals surface area contributed by atoms with E-state index in [4.69, 9.17) is 4.74 Å². The molecule has 0 bridgehead atoms. The standard InChI is InChI=1S/C24H25N5O3S/c1-4-12-28-22(31)18-7-5-6-8-19(18)29-23(28)26-27-24(29)33-15-21(30)25-11-13-32-20-10-9-16(2)14-17(20)3/h4-10,14H,1,11-13,15H2,2-3H3,(H,25,30). The first-order valence-corrected chi connectivity index (χ1v) is 11.5. The van der Waals surface area contributed by atoms with Crippen molar-refractivity contribution in [2.75, 3.05) is 18.9 Å². The summed E-state index contributed by atoms with van der Waals surface area (Å²) in [7, 11) is 0. The summed E-state index contributed by atoms with van der Waals surface area (Å²) in [4.78, 5) is 25.2. The summed E-state index contributed by atoms with van der Waals surface area (Å²) in [6.45, 7) is 8.86. The van der Waals surface area contributed by atoms with Gasteiger partial charge < -0.3 is 10.1 Å². The lowest BCUT2D eigenvalue weighted by Gasteiger charge is -2.11. The Morgan fingerprint density at radius 1 is 1.21 bits per heavy atom. The number of hydrogen-bond donors (Lipinski definition) is 1. The quantitative estimate of drug-likeness (QED) is 0.233. The Morgan fingerprint density at radius 2 is 2.03 bits per heavy atom. The van der Waals surface area contributed by atoms with Crippen molar-refractivity contribution in [2.24, 2.45) is 0 Å². The number of rotatable bonds is 9. The number of aryl methyl sites for hydroxylation is 2. The van der Waals surface area contributed by atoms with Crippen LogP contribution in [-0.4, -0.2) is 44.0 Å². The highest BCUT2D eigenvalue weighted by Gasteiger charge is 2.17. The van der Waals surface area contributed by atoms with Crippen LogP contribution in [0.1, 0.15) is 11.1 Å². The first-order valence-electron chi connectivity index (χ1n) is 10.6. The summed E-state index contributed by atoms with van der Waals surface area (Å²) in [6, 6.07) is 13.3.